The number of aromatic nitrogens is 4. The molecule has 0 unspecified atom stereocenters. The van der Waals surface area contributed by atoms with Crippen molar-refractivity contribution in [1.82, 2.24) is 19.6 Å². The smallest absolute Gasteiger partial charge is 0.160 e. The molecule has 0 radical (unpaired) electrons. The molecule has 0 N–H and O–H groups in total. The van der Waals surface area contributed by atoms with Gasteiger partial charge in [-0.25, -0.2) is 14.5 Å². The lowest BCUT2D eigenvalue weighted by molar-refractivity contribution is 0.669. The van der Waals surface area contributed by atoms with Crippen molar-refractivity contribution in [3.05, 3.63) is 218 Å². The molecule has 5 nitrogen and oxygen atoms in total. The highest BCUT2D eigenvalue weighted by molar-refractivity contribution is 6.12. The second kappa shape index (κ2) is 14.7. The van der Waals surface area contributed by atoms with Gasteiger partial charge >= 0.3 is 0 Å². The highest BCUT2D eigenvalue weighted by atomic mass is 16.3. The number of pyridine rings is 1. The van der Waals surface area contributed by atoms with E-state index < -0.39 is 0 Å². The van der Waals surface area contributed by atoms with Gasteiger partial charge in [-0.15, -0.1) is 0 Å². The van der Waals surface area contributed by atoms with Gasteiger partial charge in [0.25, 0.3) is 0 Å². The molecule has 290 valence electrons. The average Bonchev–Trinajstić information content (AvgIpc) is 3.95. The molecular formula is C57H36N4O. The fourth-order valence-corrected chi connectivity index (χ4v) is 8.90. The van der Waals surface area contributed by atoms with Gasteiger partial charge in [0.2, 0.25) is 0 Å². The van der Waals surface area contributed by atoms with E-state index in [1.807, 2.05) is 30.3 Å². The van der Waals surface area contributed by atoms with Gasteiger partial charge in [0, 0.05) is 49.5 Å². The summed E-state index contributed by atoms with van der Waals surface area (Å²) in [7, 11) is 0. The second-order valence-corrected chi connectivity index (χ2v) is 15.6. The Labute approximate surface area is 357 Å². The predicted octanol–water partition coefficient (Wildman–Crippen LogP) is 14.8. The third-order valence-corrected chi connectivity index (χ3v) is 11.8. The average molecular weight is 793 g/mol. The zero-order valence-electron chi connectivity index (χ0n) is 33.5. The minimum atomic E-state index is 0.654. The molecule has 0 aliphatic heterocycles. The summed E-state index contributed by atoms with van der Waals surface area (Å²) >= 11 is 0. The monoisotopic (exact) mass is 792 g/mol. The Bertz CT molecular complexity index is 3610. The summed E-state index contributed by atoms with van der Waals surface area (Å²) in [5, 5.41) is 9.92. The van der Waals surface area contributed by atoms with E-state index in [1.165, 1.54) is 0 Å². The summed E-state index contributed by atoms with van der Waals surface area (Å²) < 4.78 is 8.39. The van der Waals surface area contributed by atoms with E-state index in [-0.39, 0.29) is 0 Å². The largest absolute Gasteiger partial charge is 0.456 e. The van der Waals surface area contributed by atoms with Crippen molar-refractivity contribution in [2.45, 2.75) is 0 Å². The maximum absolute atomic E-state index is 6.26. The summed E-state index contributed by atoms with van der Waals surface area (Å²) in [6.45, 7) is 0. The van der Waals surface area contributed by atoms with Gasteiger partial charge in [0.1, 0.15) is 16.9 Å². The Morgan fingerprint density at radius 3 is 1.74 bits per heavy atom. The van der Waals surface area contributed by atoms with Crippen molar-refractivity contribution >= 4 is 38.2 Å². The van der Waals surface area contributed by atoms with Crippen LogP contribution in [0.5, 0.6) is 0 Å². The van der Waals surface area contributed by atoms with Gasteiger partial charge in [0.05, 0.1) is 22.6 Å². The number of para-hydroxylation sites is 1. The van der Waals surface area contributed by atoms with Crippen molar-refractivity contribution in [1.29, 1.82) is 0 Å². The topological polar surface area (TPSA) is 56.2 Å². The molecule has 0 saturated heterocycles. The molecule has 0 aliphatic carbocycles. The van der Waals surface area contributed by atoms with Crippen LogP contribution in [0, 0.1) is 0 Å². The molecule has 0 spiro atoms. The molecule has 4 heterocycles. The van der Waals surface area contributed by atoms with Crippen molar-refractivity contribution in [3.8, 4) is 78.7 Å². The molecule has 5 heteroatoms. The maximum atomic E-state index is 6.26. The molecule has 0 aliphatic rings. The van der Waals surface area contributed by atoms with Crippen LogP contribution in [0.3, 0.4) is 0 Å². The molecule has 0 atom stereocenters. The molecule has 0 saturated carbocycles. The molecule has 8 aromatic carbocycles. The predicted molar refractivity (Wildman–Crippen MR) is 254 cm³/mol. The van der Waals surface area contributed by atoms with Crippen LogP contribution in [0.4, 0.5) is 0 Å². The number of hydrogen-bond acceptors (Lipinski definition) is 4. The van der Waals surface area contributed by atoms with E-state index in [9.17, 15) is 0 Å². The summed E-state index contributed by atoms with van der Waals surface area (Å²) in [5.74, 6) is 0.654. The van der Waals surface area contributed by atoms with Gasteiger partial charge in [-0.3, -0.25) is 0 Å². The Morgan fingerprint density at radius 2 is 0.968 bits per heavy atom. The number of rotatable bonds is 7. The molecule has 12 rings (SSSR count). The van der Waals surface area contributed by atoms with Crippen LogP contribution in [0.15, 0.2) is 223 Å². The van der Waals surface area contributed by atoms with Crippen molar-refractivity contribution < 1.29 is 4.42 Å². The fraction of sp³-hybridized carbons (Fsp3) is 0. The van der Waals surface area contributed by atoms with Crippen LogP contribution in [0.2, 0.25) is 0 Å². The van der Waals surface area contributed by atoms with Crippen molar-refractivity contribution in [3.63, 3.8) is 0 Å². The Hall–Kier alpha value is -8.41. The van der Waals surface area contributed by atoms with Gasteiger partial charge in [-0.05, 0) is 52.4 Å². The molecule has 12 aromatic rings. The zero-order valence-corrected chi connectivity index (χ0v) is 33.5. The van der Waals surface area contributed by atoms with Crippen LogP contribution >= 0.6 is 0 Å². The third-order valence-electron chi connectivity index (χ3n) is 11.8. The van der Waals surface area contributed by atoms with Crippen LogP contribution < -0.4 is 0 Å². The molecule has 0 bridgehead atoms. The first-order chi connectivity index (χ1) is 30.7. The Morgan fingerprint density at radius 1 is 0.387 bits per heavy atom. The normalized spacial score (nSPS) is 11.5. The van der Waals surface area contributed by atoms with E-state index in [2.05, 4.69) is 193 Å². The second-order valence-electron chi connectivity index (χ2n) is 15.6. The first-order valence-electron chi connectivity index (χ1n) is 20.9. The van der Waals surface area contributed by atoms with E-state index in [1.54, 1.807) is 0 Å². The molecule has 0 amide bonds. The number of furan rings is 1. The van der Waals surface area contributed by atoms with Gasteiger partial charge in [-0.2, -0.15) is 5.10 Å². The molecule has 62 heavy (non-hydrogen) atoms. The highest BCUT2D eigenvalue weighted by Gasteiger charge is 2.22. The summed E-state index contributed by atoms with van der Waals surface area (Å²) in [5.41, 5.74) is 16.0. The van der Waals surface area contributed by atoms with E-state index in [0.717, 1.165) is 111 Å². The minimum absolute atomic E-state index is 0.654. The number of fused-ring (bicyclic) bond motifs is 6. The van der Waals surface area contributed by atoms with E-state index in [0.29, 0.717) is 5.82 Å². The SMILES string of the molecule is c1ccc(-c2cc(-c3cccc(-c4cccc5oc6ccccc6c45)c3)nc(-c3ccc(-c4c(-c5ccccc5)nn5c(-c6ccccc6)cc6ccccc6c45)cc3)n2)cc1. The van der Waals surface area contributed by atoms with E-state index >= 15 is 0 Å². The number of hydrogen-bond donors (Lipinski definition) is 0. The zero-order chi connectivity index (χ0) is 41.0. The fourth-order valence-electron chi connectivity index (χ4n) is 8.90. The lowest BCUT2D eigenvalue weighted by Gasteiger charge is -2.12. The number of nitrogens with zero attached hydrogens (tertiary/aromatic N) is 4. The van der Waals surface area contributed by atoms with Crippen LogP contribution in [0.25, 0.3) is 117 Å². The van der Waals surface area contributed by atoms with Gasteiger partial charge in [0.15, 0.2) is 5.82 Å². The van der Waals surface area contributed by atoms with Crippen molar-refractivity contribution in [2.24, 2.45) is 0 Å². The van der Waals surface area contributed by atoms with E-state index in [4.69, 9.17) is 19.5 Å². The molecular weight excluding hydrogens is 757 g/mol. The lowest BCUT2D eigenvalue weighted by atomic mass is 9.96. The maximum Gasteiger partial charge on any atom is 0.160 e. The van der Waals surface area contributed by atoms with Crippen molar-refractivity contribution in [2.75, 3.05) is 0 Å². The highest BCUT2D eigenvalue weighted by Crippen LogP contribution is 2.42. The summed E-state index contributed by atoms with van der Waals surface area (Å²) in [6, 6.07) is 76.1. The number of benzene rings is 8. The standard InChI is InChI=1S/C57H36N4O/c1-4-16-37(17-5-1)48-36-49(44-24-14-23-42(34-44)45-27-15-29-52-54(45)47-26-12-13-28-51(47)62-52)59-57(58-48)41-32-30-39(31-33-41)53-55(40-20-8-3-9-21-40)60-61-50(38-18-6-2-7-19-38)35-43-22-10-11-25-46(43)56(53)61/h1-36H. The lowest BCUT2D eigenvalue weighted by Crippen LogP contribution is -1.96. The van der Waals surface area contributed by atoms with Gasteiger partial charge < -0.3 is 4.42 Å². The molecule has 4 aromatic heterocycles. The van der Waals surface area contributed by atoms with Crippen LogP contribution in [-0.2, 0) is 0 Å². The Balaban J connectivity index is 1.01. The Kier molecular flexibility index (Phi) is 8.42. The summed E-state index contributed by atoms with van der Waals surface area (Å²) in [6.07, 6.45) is 0. The third kappa shape index (κ3) is 6.06. The summed E-state index contributed by atoms with van der Waals surface area (Å²) in [4.78, 5) is 10.5. The first-order valence-corrected chi connectivity index (χ1v) is 20.9. The van der Waals surface area contributed by atoms with Crippen LogP contribution in [-0.4, -0.2) is 19.6 Å². The van der Waals surface area contributed by atoms with Gasteiger partial charge in [-0.1, -0.05) is 188 Å². The minimum Gasteiger partial charge on any atom is -0.456 e. The molecule has 0 fully saturated rings. The van der Waals surface area contributed by atoms with Crippen LogP contribution in [0.1, 0.15) is 0 Å². The quantitative estimate of drug-likeness (QED) is 0.161. The first kappa shape index (κ1) is 35.5.